The van der Waals surface area contributed by atoms with E-state index in [1.54, 1.807) is 0 Å². The quantitative estimate of drug-likeness (QED) is 0.256. The molecule has 0 radical (unpaired) electrons. The van der Waals surface area contributed by atoms with Gasteiger partial charge in [-0.1, -0.05) is 24.3 Å². The van der Waals surface area contributed by atoms with E-state index in [0.29, 0.717) is 0 Å². The molecule has 5 rings (SSSR count). The van der Waals surface area contributed by atoms with Crippen LogP contribution in [0.1, 0.15) is 0 Å². The fraction of sp³-hybridized carbons (Fsp3) is 0. The van der Waals surface area contributed by atoms with Gasteiger partial charge in [0, 0.05) is 11.6 Å². The molecule has 0 spiro atoms. The molecule has 0 saturated carbocycles. The molecular weight excluding hydrogens is 442 g/mol. The zero-order valence-corrected chi connectivity index (χ0v) is 17.9. The molecule has 0 saturated heterocycles. The molecule has 0 amide bonds. The third kappa shape index (κ3) is 4.95. The van der Waals surface area contributed by atoms with E-state index in [1.165, 1.54) is 16.2 Å². The van der Waals surface area contributed by atoms with Gasteiger partial charge in [0.1, 0.15) is 0 Å². The van der Waals surface area contributed by atoms with Gasteiger partial charge in [-0.05, 0) is 11.8 Å². The predicted molar refractivity (Wildman–Crippen MR) is 108 cm³/mol. The van der Waals surface area contributed by atoms with E-state index >= 15 is 0 Å². The Kier molecular flexibility index (Phi) is 7.25. The van der Waals surface area contributed by atoms with Gasteiger partial charge < -0.3 is 0 Å². The van der Waals surface area contributed by atoms with Crippen molar-refractivity contribution < 1.29 is 20.8 Å². The smallest absolute Gasteiger partial charge is 0.0927 e. The standard InChI is InChI=1S/C16H11N2.C5H5.2ClH.Zr/c1-2-6-13-10-15(9-12(13)5-1)18-11-14-7-3-4-8-16(14)17-18;1-2-4-5-3-1;;;/h1-11H;1-5H;2*1H;/q2*-1;;;+4/p-2. The fourth-order valence-corrected chi connectivity index (χ4v) is 2.68. The third-order valence-corrected chi connectivity index (χ3v) is 3.84. The number of nitrogens with zero attached hydrogens (tertiary/aromatic N) is 2. The fourth-order valence-electron chi connectivity index (χ4n) is 2.68. The molecule has 0 fully saturated rings. The maximum atomic E-state index is 4.93. The Morgan fingerprint density at radius 2 is 1.50 bits per heavy atom. The van der Waals surface area contributed by atoms with Crippen molar-refractivity contribution in [3.63, 3.8) is 0 Å². The van der Waals surface area contributed by atoms with Crippen molar-refractivity contribution in [3.05, 3.63) is 97.2 Å². The van der Waals surface area contributed by atoms with E-state index in [2.05, 4.69) is 53.8 Å². The predicted octanol–water partition coefficient (Wildman–Crippen LogP) is 6.68. The maximum absolute atomic E-state index is 4.93. The molecule has 0 N–H and O–H groups in total. The van der Waals surface area contributed by atoms with Gasteiger partial charge in [-0.2, -0.15) is 23.3 Å². The summed E-state index contributed by atoms with van der Waals surface area (Å²) >= 11 is -0.826. The summed E-state index contributed by atoms with van der Waals surface area (Å²) in [6.45, 7) is 0. The molecule has 0 bridgehead atoms. The molecule has 4 aromatic carbocycles. The second-order valence-electron chi connectivity index (χ2n) is 5.51. The average molecular weight is 459 g/mol. The van der Waals surface area contributed by atoms with Crippen LogP contribution in [0.2, 0.25) is 0 Å². The molecule has 5 aromatic rings. The van der Waals surface area contributed by atoms with Gasteiger partial charge in [-0.3, -0.25) is 4.68 Å². The molecule has 0 aliphatic carbocycles. The van der Waals surface area contributed by atoms with Gasteiger partial charge in [0.05, 0.1) is 5.52 Å². The van der Waals surface area contributed by atoms with E-state index in [9.17, 15) is 0 Å². The average Bonchev–Trinajstić information content (AvgIpc) is 3.42. The Balaban J connectivity index is 0.000000207. The van der Waals surface area contributed by atoms with Crippen molar-refractivity contribution >= 4 is 38.7 Å². The summed E-state index contributed by atoms with van der Waals surface area (Å²) in [5.41, 5.74) is 2.15. The van der Waals surface area contributed by atoms with Crippen molar-refractivity contribution in [1.29, 1.82) is 0 Å². The zero-order valence-electron chi connectivity index (χ0n) is 13.9. The molecule has 1 heterocycles. The normalized spacial score (nSPS) is 9.77. The summed E-state index contributed by atoms with van der Waals surface area (Å²) in [6, 6.07) is 30.9. The van der Waals surface area contributed by atoms with Crippen molar-refractivity contribution in [2.75, 3.05) is 0 Å². The number of hydrogen-bond acceptors (Lipinski definition) is 1. The van der Waals surface area contributed by atoms with Crippen LogP contribution in [0.4, 0.5) is 0 Å². The van der Waals surface area contributed by atoms with Gasteiger partial charge in [0.2, 0.25) is 0 Å². The van der Waals surface area contributed by atoms with E-state index in [0.717, 1.165) is 11.2 Å². The van der Waals surface area contributed by atoms with Gasteiger partial charge in [-0.25, -0.2) is 12.1 Å². The first-order valence-electron chi connectivity index (χ1n) is 8.05. The SMILES string of the molecule is [Cl][Zr+2][Cl].c1cc[cH-]c1.c1ccc2[cH-]c(-n3cc4ccccc4n3)cc2c1. The Morgan fingerprint density at radius 3 is 2.12 bits per heavy atom. The molecule has 0 atom stereocenters. The molecular formula is C21H16Cl2N2Zr. The maximum Gasteiger partial charge on any atom is 0.0927 e. The van der Waals surface area contributed by atoms with Crippen molar-refractivity contribution in [2.24, 2.45) is 0 Å². The minimum Gasteiger partial charge on any atom is -0.259 e. The van der Waals surface area contributed by atoms with Crippen LogP contribution in [-0.2, 0) is 20.8 Å². The summed E-state index contributed by atoms with van der Waals surface area (Å²) in [5, 5.41) is 8.28. The summed E-state index contributed by atoms with van der Waals surface area (Å²) in [6.07, 6.45) is 2.07. The van der Waals surface area contributed by atoms with Crippen molar-refractivity contribution in [2.45, 2.75) is 0 Å². The van der Waals surface area contributed by atoms with E-state index in [-0.39, 0.29) is 0 Å². The second-order valence-corrected chi connectivity index (χ2v) is 9.24. The molecule has 1 aromatic heterocycles. The minimum absolute atomic E-state index is 0.826. The Morgan fingerprint density at radius 1 is 0.846 bits per heavy atom. The first kappa shape index (κ1) is 19.1. The van der Waals surface area contributed by atoms with Gasteiger partial charge >= 0.3 is 37.9 Å². The Bertz CT molecular complexity index is 893. The summed E-state index contributed by atoms with van der Waals surface area (Å²) in [4.78, 5) is 0. The van der Waals surface area contributed by atoms with Crippen LogP contribution in [0, 0.1) is 0 Å². The third-order valence-electron chi connectivity index (χ3n) is 3.84. The molecule has 0 unspecified atom stereocenters. The van der Waals surface area contributed by atoms with Crippen molar-refractivity contribution in [3.8, 4) is 5.69 Å². The first-order chi connectivity index (χ1) is 12.8. The molecule has 26 heavy (non-hydrogen) atoms. The molecule has 0 aliphatic rings. The number of aromatic nitrogens is 2. The number of fused-ring (bicyclic) bond motifs is 2. The Labute approximate surface area is 171 Å². The summed E-state index contributed by atoms with van der Waals surface area (Å²) in [5.74, 6) is 0. The number of halogens is 2. The van der Waals surface area contributed by atoms with E-state index < -0.39 is 20.8 Å². The van der Waals surface area contributed by atoms with Gasteiger partial charge in [0.15, 0.2) is 0 Å². The summed E-state index contributed by atoms with van der Waals surface area (Å²) in [7, 11) is 9.87. The zero-order chi connectivity index (χ0) is 18.2. The molecule has 2 nitrogen and oxygen atoms in total. The number of rotatable bonds is 1. The number of hydrogen-bond donors (Lipinski definition) is 0. The largest absolute Gasteiger partial charge is 0.259 e. The van der Waals surface area contributed by atoms with E-state index in [1.807, 2.05) is 53.2 Å². The first-order valence-corrected chi connectivity index (χ1v) is 14.4. The van der Waals surface area contributed by atoms with Crippen LogP contribution < -0.4 is 0 Å². The van der Waals surface area contributed by atoms with Crippen LogP contribution in [0.5, 0.6) is 0 Å². The van der Waals surface area contributed by atoms with E-state index in [4.69, 9.17) is 17.0 Å². The van der Waals surface area contributed by atoms with Crippen LogP contribution in [0.3, 0.4) is 0 Å². The topological polar surface area (TPSA) is 17.8 Å². The summed E-state index contributed by atoms with van der Waals surface area (Å²) < 4.78 is 1.95. The monoisotopic (exact) mass is 456 g/mol. The van der Waals surface area contributed by atoms with Crippen LogP contribution in [-0.4, -0.2) is 9.78 Å². The van der Waals surface area contributed by atoms with Crippen molar-refractivity contribution in [1.82, 2.24) is 9.78 Å². The Hall–Kier alpha value is -1.67. The molecule has 128 valence electrons. The van der Waals surface area contributed by atoms with Gasteiger partial charge in [-0.15, -0.1) is 41.1 Å². The number of benzene rings is 2. The molecule has 0 aliphatic heterocycles. The minimum atomic E-state index is -0.826. The second kappa shape index (κ2) is 9.87. The van der Waals surface area contributed by atoms with Crippen LogP contribution in [0.15, 0.2) is 97.2 Å². The molecule has 5 heteroatoms. The van der Waals surface area contributed by atoms with Gasteiger partial charge in [0.25, 0.3) is 0 Å². The van der Waals surface area contributed by atoms with Crippen LogP contribution >= 0.6 is 17.0 Å². The van der Waals surface area contributed by atoms with Crippen LogP contribution in [0.25, 0.3) is 27.4 Å².